The SMILES string of the molecule is C1=C[C@@H]2OOCC=C2c2ccccc21. The smallest absolute Gasteiger partial charge is 0.137 e. The molecule has 2 nitrogen and oxygen atoms in total. The lowest BCUT2D eigenvalue weighted by molar-refractivity contribution is -0.299. The number of benzene rings is 1. The van der Waals surface area contributed by atoms with Gasteiger partial charge < -0.3 is 0 Å². The van der Waals surface area contributed by atoms with Crippen molar-refractivity contribution in [2.24, 2.45) is 0 Å². The van der Waals surface area contributed by atoms with Crippen LogP contribution in [0, 0.1) is 0 Å². The van der Waals surface area contributed by atoms with Gasteiger partial charge in [0.05, 0.1) is 0 Å². The largest absolute Gasteiger partial charge is 0.232 e. The van der Waals surface area contributed by atoms with Gasteiger partial charge in [0.25, 0.3) is 0 Å². The van der Waals surface area contributed by atoms with Crippen LogP contribution in [0.3, 0.4) is 0 Å². The second-order valence-corrected chi connectivity index (χ2v) is 3.41. The number of hydrogen-bond acceptors (Lipinski definition) is 2. The van der Waals surface area contributed by atoms with E-state index in [1.54, 1.807) is 0 Å². The minimum Gasteiger partial charge on any atom is -0.232 e. The van der Waals surface area contributed by atoms with Crippen molar-refractivity contribution in [2.75, 3.05) is 6.61 Å². The first-order chi connectivity index (χ1) is 6.95. The van der Waals surface area contributed by atoms with E-state index in [0.717, 1.165) is 0 Å². The molecule has 0 fully saturated rings. The highest BCUT2D eigenvalue weighted by molar-refractivity contribution is 5.82. The molecule has 0 saturated carbocycles. The summed E-state index contributed by atoms with van der Waals surface area (Å²) in [5.41, 5.74) is 3.72. The molecular weight excluding hydrogens is 176 g/mol. The molecule has 1 aliphatic heterocycles. The normalized spacial score (nSPS) is 23.7. The topological polar surface area (TPSA) is 18.5 Å². The van der Waals surface area contributed by atoms with Gasteiger partial charge in [0.15, 0.2) is 0 Å². The predicted molar refractivity (Wildman–Crippen MR) is 54.3 cm³/mol. The molecule has 0 N–H and O–H groups in total. The van der Waals surface area contributed by atoms with Gasteiger partial charge in [-0.05, 0) is 28.9 Å². The van der Waals surface area contributed by atoms with Gasteiger partial charge in [-0.2, -0.15) is 0 Å². The second-order valence-electron chi connectivity index (χ2n) is 3.41. The Bertz CT molecular complexity index is 418. The second kappa shape index (κ2) is 3.08. The van der Waals surface area contributed by atoms with E-state index in [1.807, 2.05) is 18.2 Å². The van der Waals surface area contributed by atoms with Gasteiger partial charge in [0.2, 0.25) is 0 Å². The lowest BCUT2D eigenvalue weighted by Gasteiger charge is -2.25. The van der Waals surface area contributed by atoms with E-state index in [2.05, 4.69) is 24.3 Å². The van der Waals surface area contributed by atoms with Crippen LogP contribution >= 0.6 is 0 Å². The van der Waals surface area contributed by atoms with E-state index in [1.165, 1.54) is 16.7 Å². The van der Waals surface area contributed by atoms with Crippen molar-refractivity contribution >= 4 is 11.6 Å². The van der Waals surface area contributed by atoms with E-state index < -0.39 is 0 Å². The van der Waals surface area contributed by atoms with Gasteiger partial charge in [-0.1, -0.05) is 30.3 Å². The molecule has 0 bridgehead atoms. The molecule has 1 aromatic carbocycles. The molecule has 2 aliphatic rings. The highest BCUT2D eigenvalue weighted by Gasteiger charge is 2.23. The Morgan fingerprint density at radius 1 is 1.21 bits per heavy atom. The van der Waals surface area contributed by atoms with Crippen LogP contribution in [0.4, 0.5) is 0 Å². The Kier molecular flexibility index (Phi) is 1.76. The fourth-order valence-electron chi connectivity index (χ4n) is 1.90. The van der Waals surface area contributed by atoms with Crippen molar-refractivity contribution in [3.05, 3.63) is 47.5 Å². The van der Waals surface area contributed by atoms with Crippen molar-refractivity contribution in [1.29, 1.82) is 0 Å². The average Bonchev–Trinajstić information content (AvgIpc) is 2.29. The maximum absolute atomic E-state index is 5.18. The van der Waals surface area contributed by atoms with E-state index in [0.29, 0.717) is 6.61 Å². The van der Waals surface area contributed by atoms with E-state index in [9.17, 15) is 0 Å². The van der Waals surface area contributed by atoms with Crippen molar-refractivity contribution in [3.8, 4) is 0 Å². The van der Waals surface area contributed by atoms with E-state index in [4.69, 9.17) is 9.78 Å². The average molecular weight is 186 g/mol. The third kappa shape index (κ3) is 1.12. The zero-order valence-corrected chi connectivity index (χ0v) is 7.64. The summed E-state index contributed by atoms with van der Waals surface area (Å²) >= 11 is 0. The Labute approximate surface area is 82.4 Å². The van der Waals surface area contributed by atoms with Crippen LogP contribution in [0.25, 0.3) is 11.6 Å². The van der Waals surface area contributed by atoms with E-state index >= 15 is 0 Å². The molecule has 0 radical (unpaired) electrons. The molecule has 2 heteroatoms. The molecule has 70 valence electrons. The molecule has 1 aliphatic carbocycles. The zero-order chi connectivity index (χ0) is 9.38. The third-order valence-corrected chi connectivity index (χ3v) is 2.57. The van der Waals surface area contributed by atoms with Crippen LogP contribution in [0.1, 0.15) is 11.1 Å². The van der Waals surface area contributed by atoms with Gasteiger partial charge in [-0.15, -0.1) is 0 Å². The van der Waals surface area contributed by atoms with Crippen molar-refractivity contribution in [2.45, 2.75) is 6.10 Å². The van der Waals surface area contributed by atoms with Crippen molar-refractivity contribution in [1.82, 2.24) is 0 Å². The zero-order valence-electron chi connectivity index (χ0n) is 7.64. The van der Waals surface area contributed by atoms with Crippen LogP contribution in [-0.4, -0.2) is 12.7 Å². The molecule has 0 saturated heterocycles. The van der Waals surface area contributed by atoms with Crippen LogP contribution in [0.15, 0.2) is 36.4 Å². The highest BCUT2D eigenvalue weighted by Crippen LogP contribution is 2.32. The lowest BCUT2D eigenvalue weighted by Crippen LogP contribution is -2.20. The molecule has 1 heterocycles. The number of fused-ring (bicyclic) bond motifs is 3. The van der Waals surface area contributed by atoms with Crippen LogP contribution in [0.2, 0.25) is 0 Å². The molecule has 3 rings (SSSR count). The van der Waals surface area contributed by atoms with Gasteiger partial charge in [-0.3, -0.25) is 0 Å². The highest BCUT2D eigenvalue weighted by atomic mass is 17.2. The summed E-state index contributed by atoms with van der Waals surface area (Å²) in [6.07, 6.45) is 6.15. The van der Waals surface area contributed by atoms with Crippen molar-refractivity contribution in [3.63, 3.8) is 0 Å². The molecule has 0 unspecified atom stereocenters. The Morgan fingerprint density at radius 3 is 3.14 bits per heavy atom. The van der Waals surface area contributed by atoms with Gasteiger partial charge >= 0.3 is 0 Å². The minimum absolute atomic E-state index is 0.0290. The molecule has 1 atom stereocenters. The predicted octanol–water partition coefficient (Wildman–Crippen LogP) is 2.43. The first-order valence-electron chi connectivity index (χ1n) is 4.71. The summed E-state index contributed by atoms with van der Waals surface area (Å²) in [6, 6.07) is 8.32. The molecule has 14 heavy (non-hydrogen) atoms. The van der Waals surface area contributed by atoms with Crippen LogP contribution in [-0.2, 0) is 9.78 Å². The van der Waals surface area contributed by atoms with Gasteiger partial charge in [-0.25, -0.2) is 9.78 Å². The standard InChI is InChI=1S/C12H10O2/c1-2-4-10-9(3-1)5-6-12-11(10)7-8-13-14-12/h1-7,12H,8H2/t12-/m0/s1. The van der Waals surface area contributed by atoms with Crippen LogP contribution in [0.5, 0.6) is 0 Å². The molecule has 1 aromatic rings. The monoisotopic (exact) mass is 186 g/mol. The summed E-state index contributed by atoms with van der Waals surface area (Å²) in [5.74, 6) is 0. The number of hydrogen-bond donors (Lipinski definition) is 0. The first-order valence-corrected chi connectivity index (χ1v) is 4.71. The summed E-state index contributed by atoms with van der Waals surface area (Å²) < 4.78 is 0. The first kappa shape index (κ1) is 7.97. The molecule has 0 aromatic heterocycles. The van der Waals surface area contributed by atoms with Gasteiger partial charge in [0.1, 0.15) is 12.7 Å². The molecule has 0 spiro atoms. The molecule has 0 amide bonds. The third-order valence-electron chi connectivity index (χ3n) is 2.57. The maximum Gasteiger partial charge on any atom is 0.137 e. The summed E-state index contributed by atoms with van der Waals surface area (Å²) in [6.45, 7) is 0.536. The summed E-state index contributed by atoms with van der Waals surface area (Å²) in [5, 5.41) is 0. The van der Waals surface area contributed by atoms with Gasteiger partial charge in [0, 0.05) is 0 Å². The lowest BCUT2D eigenvalue weighted by atomic mass is 9.90. The maximum atomic E-state index is 5.18. The summed E-state index contributed by atoms with van der Waals surface area (Å²) in [4.78, 5) is 10.1. The Hall–Kier alpha value is -1.38. The Morgan fingerprint density at radius 2 is 2.14 bits per heavy atom. The fourth-order valence-corrected chi connectivity index (χ4v) is 1.90. The minimum atomic E-state index is -0.0290. The summed E-state index contributed by atoms with van der Waals surface area (Å²) in [7, 11) is 0. The van der Waals surface area contributed by atoms with E-state index in [-0.39, 0.29) is 6.10 Å². The number of rotatable bonds is 0. The van der Waals surface area contributed by atoms with Crippen molar-refractivity contribution < 1.29 is 9.78 Å². The van der Waals surface area contributed by atoms with Crippen LogP contribution < -0.4 is 0 Å². The quantitative estimate of drug-likeness (QED) is 0.579. The fraction of sp³-hybridized carbons (Fsp3) is 0.167. The Balaban J connectivity index is 2.17. The molecular formula is C12H10O2.